The summed E-state index contributed by atoms with van der Waals surface area (Å²) in [5.41, 5.74) is 0. The highest BCUT2D eigenvalue weighted by Gasteiger charge is 2.38. The van der Waals surface area contributed by atoms with Gasteiger partial charge in [0.15, 0.2) is 0 Å². The fourth-order valence-corrected chi connectivity index (χ4v) is 4.03. The number of amides is 1. The molecule has 2 aliphatic rings. The van der Waals surface area contributed by atoms with Gasteiger partial charge < -0.3 is 4.90 Å². The fourth-order valence-electron chi connectivity index (χ4n) is 3.23. The van der Waals surface area contributed by atoms with Crippen LogP contribution in [0.5, 0.6) is 0 Å². The lowest BCUT2D eigenvalue weighted by molar-refractivity contribution is -0.130. The summed E-state index contributed by atoms with van der Waals surface area (Å²) < 4.78 is 0. The van der Waals surface area contributed by atoms with Crippen molar-refractivity contribution in [3.63, 3.8) is 0 Å². The Hall–Kier alpha value is -0.910. The van der Waals surface area contributed by atoms with Crippen molar-refractivity contribution in [2.75, 3.05) is 19.6 Å². The van der Waals surface area contributed by atoms with Gasteiger partial charge in [-0.2, -0.15) is 0 Å². The lowest BCUT2D eigenvalue weighted by Crippen LogP contribution is -2.43. The van der Waals surface area contributed by atoms with Gasteiger partial charge in [0.1, 0.15) is 6.17 Å². The number of nitrogens with one attached hydrogen (secondary N) is 1. The van der Waals surface area contributed by atoms with Crippen LogP contribution in [0.25, 0.3) is 0 Å². The van der Waals surface area contributed by atoms with Gasteiger partial charge in [-0.3, -0.25) is 15.0 Å². The summed E-state index contributed by atoms with van der Waals surface area (Å²) in [5, 5.41) is 5.50. The highest BCUT2D eigenvalue weighted by Crippen LogP contribution is 2.29. The van der Waals surface area contributed by atoms with E-state index in [0.717, 1.165) is 6.54 Å². The number of nitrogens with zero attached hydrogens (tertiary/aromatic N) is 2. The standard InChI is InChI=1S/C15H23N3OS/c1-11(17-7-3-4-8-17)10-18-14(13-6-5-9-20-13)16-12(2)15(18)19/h5-6,9,11-12,14,16H,3-4,7-8,10H2,1-2H3. The number of rotatable bonds is 4. The summed E-state index contributed by atoms with van der Waals surface area (Å²) in [4.78, 5) is 18.2. The normalized spacial score (nSPS) is 29.3. The first kappa shape index (κ1) is 14.0. The van der Waals surface area contributed by atoms with Gasteiger partial charge in [-0.15, -0.1) is 11.3 Å². The largest absolute Gasteiger partial charge is 0.319 e. The second-order valence-electron chi connectivity index (χ2n) is 5.89. The minimum absolute atomic E-state index is 0.0579. The van der Waals surface area contributed by atoms with Gasteiger partial charge in [-0.1, -0.05) is 6.07 Å². The van der Waals surface area contributed by atoms with Crippen molar-refractivity contribution in [3.05, 3.63) is 22.4 Å². The molecule has 1 N–H and O–H groups in total. The monoisotopic (exact) mass is 293 g/mol. The van der Waals surface area contributed by atoms with E-state index in [2.05, 4.69) is 34.7 Å². The molecule has 1 amide bonds. The van der Waals surface area contributed by atoms with Crippen molar-refractivity contribution in [1.29, 1.82) is 0 Å². The average molecular weight is 293 g/mol. The van der Waals surface area contributed by atoms with Crippen LogP contribution >= 0.6 is 11.3 Å². The number of thiophene rings is 1. The van der Waals surface area contributed by atoms with Crippen LogP contribution < -0.4 is 5.32 Å². The SMILES string of the molecule is CC1NC(c2cccs2)N(CC(C)N2CCCC2)C1=O. The molecule has 0 aliphatic carbocycles. The van der Waals surface area contributed by atoms with Gasteiger partial charge in [0.25, 0.3) is 0 Å². The molecular formula is C15H23N3OS. The third-order valence-electron chi connectivity index (χ3n) is 4.41. The van der Waals surface area contributed by atoms with Gasteiger partial charge in [0, 0.05) is 17.5 Å². The Bertz CT molecular complexity index is 456. The zero-order valence-electron chi connectivity index (χ0n) is 12.2. The predicted molar refractivity (Wildman–Crippen MR) is 81.6 cm³/mol. The van der Waals surface area contributed by atoms with E-state index in [0.29, 0.717) is 6.04 Å². The molecule has 3 heterocycles. The first-order chi connectivity index (χ1) is 9.66. The summed E-state index contributed by atoms with van der Waals surface area (Å²) in [6, 6.07) is 4.53. The summed E-state index contributed by atoms with van der Waals surface area (Å²) >= 11 is 1.72. The maximum absolute atomic E-state index is 12.4. The van der Waals surface area contributed by atoms with E-state index in [1.54, 1.807) is 11.3 Å². The van der Waals surface area contributed by atoms with Crippen molar-refractivity contribution in [3.8, 4) is 0 Å². The van der Waals surface area contributed by atoms with Crippen LogP contribution in [0.1, 0.15) is 37.7 Å². The molecule has 2 fully saturated rings. The van der Waals surface area contributed by atoms with Gasteiger partial charge >= 0.3 is 0 Å². The van der Waals surface area contributed by atoms with Gasteiger partial charge in [-0.25, -0.2) is 0 Å². The summed E-state index contributed by atoms with van der Waals surface area (Å²) in [5.74, 6) is 0.231. The fraction of sp³-hybridized carbons (Fsp3) is 0.667. The smallest absolute Gasteiger partial charge is 0.241 e. The lowest BCUT2D eigenvalue weighted by Gasteiger charge is -2.31. The van der Waals surface area contributed by atoms with Crippen LogP contribution in [0.2, 0.25) is 0 Å². The molecule has 2 aliphatic heterocycles. The van der Waals surface area contributed by atoms with Crippen LogP contribution in [0.4, 0.5) is 0 Å². The Morgan fingerprint density at radius 1 is 1.45 bits per heavy atom. The Labute approximate surface area is 124 Å². The van der Waals surface area contributed by atoms with E-state index >= 15 is 0 Å². The molecule has 3 rings (SSSR count). The van der Waals surface area contributed by atoms with Crippen LogP contribution in [0.15, 0.2) is 17.5 Å². The number of hydrogen-bond acceptors (Lipinski definition) is 4. The zero-order valence-corrected chi connectivity index (χ0v) is 13.0. The molecule has 5 heteroatoms. The quantitative estimate of drug-likeness (QED) is 0.923. The van der Waals surface area contributed by atoms with Crippen molar-refractivity contribution < 1.29 is 4.79 Å². The molecule has 4 nitrogen and oxygen atoms in total. The van der Waals surface area contributed by atoms with Crippen molar-refractivity contribution in [1.82, 2.24) is 15.1 Å². The van der Waals surface area contributed by atoms with Crippen LogP contribution in [-0.4, -0.2) is 47.4 Å². The predicted octanol–water partition coefficient (Wildman–Crippen LogP) is 2.05. The van der Waals surface area contributed by atoms with Gasteiger partial charge in [0.05, 0.1) is 6.04 Å². The molecule has 0 bridgehead atoms. The number of carbonyl (C=O) groups is 1. The van der Waals surface area contributed by atoms with E-state index in [1.807, 2.05) is 11.8 Å². The number of likely N-dealkylation sites (tertiary alicyclic amines) is 1. The Morgan fingerprint density at radius 2 is 2.20 bits per heavy atom. The first-order valence-corrected chi connectivity index (χ1v) is 8.39. The molecular weight excluding hydrogens is 270 g/mol. The Balaban J connectivity index is 1.72. The molecule has 0 aromatic carbocycles. The minimum Gasteiger partial charge on any atom is -0.319 e. The van der Waals surface area contributed by atoms with Crippen molar-refractivity contribution in [2.24, 2.45) is 0 Å². The van der Waals surface area contributed by atoms with Crippen molar-refractivity contribution in [2.45, 2.75) is 44.9 Å². The van der Waals surface area contributed by atoms with E-state index in [-0.39, 0.29) is 18.1 Å². The van der Waals surface area contributed by atoms with Crippen LogP contribution in [0, 0.1) is 0 Å². The average Bonchev–Trinajstić information content (AvgIpc) is 3.15. The van der Waals surface area contributed by atoms with E-state index in [1.165, 1.54) is 30.8 Å². The molecule has 0 saturated carbocycles. The molecule has 0 spiro atoms. The lowest BCUT2D eigenvalue weighted by atomic mass is 10.2. The first-order valence-electron chi connectivity index (χ1n) is 7.51. The highest BCUT2D eigenvalue weighted by atomic mass is 32.1. The summed E-state index contributed by atoms with van der Waals surface area (Å²) in [6.45, 7) is 7.38. The molecule has 3 atom stereocenters. The van der Waals surface area contributed by atoms with Crippen molar-refractivity contribution >= 4 is 17.2 Å². The van der Waals surface area contributed by atoms with Crippen LogP contribution in [0.3, 0.4) is 0 Å². The number of hydrogen-bond donors (Lipinski definition) is 1. The van der Waals surface area contributed by atoms with Crippen LogP contribution in [-0.2, 0) is 4.79 Å². The molecule has 3 unspecified atom stereocenters. The third-order valence-corrected chi connectivity index (χ3v) is 5.34. The molecule has 110 valence electrons. The minimum atomic E-state index is -0.0760. The maximum atomic E-state index is 12.4. The third kappa shape index (κ3) is 2.62. The second-order valence-corrected chi connectivity index (χ2v) is 6.87. The Morgan fingerprint density at radius 3 is 2.85 bits per heavy atom. The summed E-state index contributed by atoms with van der Waals surface area (Å²) in [6.07, 6.45) is 2.64. The molecule has 20 heavy (non-hydrogen) atoms. The zero-order chi connectivity index (χ0) is 14.1. The maximum Gasteiger partial charge on any atom is 0.241 e. The molecule has 2 saturated heterocycles. The highest BCUT2D eigenvalue weighted by molar-refractivity contribution is 7.10. The van der Waals surface area contributed by atoms with E-state index in [4.69, 9.17) is 0 Å². The molecule has 1 aromatic heterocycles. The van der Waals surface area contributed by atoms with Gasteiger partial charge in [-0.05, 0) is 51.2 Å². The van der Waals surface area contributed by atoms with E-state index < -0.39 is 0 Å². The molecule has 0 radical (unpaired) electrons. The van der Waals surface area contributed by atoms with E-state index in [9.17, 15) is 4.79 Å². The second kappa shape index (κ2) is 5.84. The topological polar surface area (TPSA) is 35.6 Å². The Kier molecular flexibility index (Phi) is 4.10. The van der Waals surface area contributed by atoms with Gasteiger partial charge in [0.2, 0.25) is 5.91 Å². The molecule has 1 aromatic rings. The summed E-state index contributed by atoms with van der Waals surface area (Å²) in [7, 11) is 0. The number of carbonyl (C=O) groups excluding carboxylic acids is 1.